The minimum Gasteiger partial charge on any atom is -0.280 e. The predicted octanol–water partition coefficient (Wildman–Crippen LogP) is 0.474. The average molecular weight is 193 g/mol. The van der Waals surface area contributed by atoms with E-state index in [1.807, 2.05) is 0 Å². The summed E-state index contributed by atoms with van der Waals surface area (Å²) in [6, 6.07) is 1.53. The molecule has 0 amide bonds. The zero-order chi connectivity index (χ0) is 7.56. The van der Waals surface area contributed by atoms with Gasteiger partial charge in [0.1, 0.15) is 11.5 Å². The molecule has 0 fully saturated rings. The molecule has 0 unspecified atom stereocenters. The van der Waals surface area contributed by atoms with Crippen molar-refractivity contribution in [3.8, 4) is 0 Å². The van der Waals surface area contributed by atoms with Crippen molar-refractivity contribution in [2.24, 2.45) is 0 Å². The van der Waals surface area contributed by atoms with E-state index in [-0.39, 0.29) is 56.5 Å². The molecule has 5 heteroatoms. The number of aromatic nitrogens is 2. The van der Waals surface area contributed by atoms with Gasteiger partial charge in [-0.2, -0.15) is 0 Å². The number of hydrogen-bond donors (Lipinski definition) is 1. The molecule has 3 nitrogen and oxygen atoms in total. The smallest absolute Gasteiger partial charge is 0.234 e. The van der Waals surface area contributed by atoms with Crippen molar-refractivity contribution in [1.82, 2.24) is 9.97 Å². The summed E-state index contributed by atoms with van der Waals surface area (Å²) >= 11 is 3.61. The summed E-state index contributed by atoms with van der Waals surface area (Å²) in [4.78, 5) is 18.2. The normalized spacial score (nSPS) is 8.55. The van der Waals surface area contributed by atoms with E-state index in [1.165, 1.54) is 12.3 Å². The molecule has 0 aromatic carbocycles. The minimum absolute atomic E-state index is 0. The standard InChI is InChI=1S/C6H6N2OS.K/c1-4-7-3-2-5(8-4)6(9)10;/h2-3H,1H3,(H,9,10);. The van der Waals surface area contributed by atoms with Gasteiger partial charge in [0, 0.05) is 57.6 Å². The fourth-order valence-corrected chi connectivity index (χ4v) is 0.700. The molecule has 0 aliphatic rings. The summed E-state index contributed by atoms with van der Waals surface area (Å²) in [7, 11) is 0. The van der Waals surface area contributed by atoms with Gasteiger partial charge >= 0.3 is 0 Å². The molecule has 1 radical (unpaired) electrons. The summed E-state index contributed by atoms with van der Waals surface area (Å²) < 4.78 is 0. The first-order chi connectivity index (χ1) is 4.70. The topological polar surface area (TPSA) is 42.9 Å². The molecular formula is C6H6KN2OS. The third kappa shape index (κ3) is 3.77. The van der Waals surface area contributed by atoms with Gasteiger partial charge in [0.25, 0.3) is 0 Å². The SMILES string of the molecule is Cc1nccc(C(=O)S)n1.[K]. The van der Waals surface area contributed by atoms with Crippen molar-refractivity contribution in [3.05, 3.63) is 23.8 Å². The number of aryl methyl sites for hydroxylation is 1. The van der Waals surface area contributed by atoms with Crippen molar-refractivity contribution in [1.29, 1.82) is 0 Å². The Kier molecular flexibility index (Phi) is 5.76. The van der Waals surface area contributed by atoms with Crippen LogP contribution in [0.3, 0.4) is 0 Å². The molecule has 1 aromatic rings. The molecule has 0 atom stereocenters. The van der Waals surface area contributed by atoms with Gasteiger partial charge in [0.2, 0.25) is 5.12 Å². The van der Waals surface area contributed by atoms with E-state index in [0.29, 0.717) is 11.5 Å². The molecule has 0 aliphatic heterocycles. The van der Waals surface area contributed by atoms with Crippen LogP contribution >= 0.6 is 12.6 Å². The molecule has 1 aromatic heterocycles. The van der Waals surface area contributed by atoms with Gasteiger partial charge in [0.15, 0.2) is 0 Å². The maximum atomic E-state index is 10.6. The second-order valence-corrected chi connectivity index (χ2v) is 2.20. The molecule has 0 bridgehead atoms. The fraction of sp³-hybridized carbons (Fsp3) is 0.167. The van der Waals surface area contributed by atoms with Crippen LogP contribution < -0.4 is 0 Å². The second-order valence-electron chi connectivity index (χ2n) is 1.79. The maximum absolute atomic E-state index is 10.6. The van der Waals surface area contributed by atoms with Crippen LogP contribution in [0.4, 0.5) is 0 Å². The Morgan fingerprint density at radius 3 is 2.64 bits per heavy atom. The molecule has 0 N–H and O–H groups in total. The Labute approximate surface area is 113 Å². The molecular weight excluding hydrogens is 187 g/mol. The molecule has 1 heterocycles. The second kappa shape index (κ2) is 5.39. The molecule has 0 saturated carbocycles. The maximum Gasteiger partial charge on any atom is 0.234 e. The zero-order valence-corrected chi connectivity index (χ0v) is 10.4. The summed E-state index contributed by atoms with van der Waals surface area (Å²) in [5.74, 6) is 0.583. The van der Waals surface area contributed by atoms with Gasteiger partial charge in [-0.25, -0.2) is 9.97 Å². The number of carbonyl (C=O) groups excluding carboxylic acids is 1. The minimum atomic E-state index is -0.328. The van der Waals surface area contributed by atoms with Crippen LogP contribution in [0.25, 0.3) is 0 Å². The first-order valence-electron chi connectivity index (χ1n) is 2.73. The van der Waals surface area contributed by atoms with E-state index in [9.17, 15) is 4.79 Å². The van der Waals surface area contributed by atoms with Gasteiger partial charge in [0.05, 0.1) is 0 Å². The number of thiol groups is 1. The third-order valence-corrected chi connectivity index (χ3v) is 1.22. The van der Waals surface area contributed by atoms with Crippen molar-refractivity contribution < 1.29 is 4.79 Å². The summed E-state index contributed by atoms with van der Waals surface area (Å²) in [5.41, 5.74) is 0.343. The Morgan fingerprint density at radius 2 is 2.27 bits per heavy atom. The Bertz CT molecular complexity index is 267. The van der Waals surface area contributed by atoms with E-state index in [0.717, 1.165) is 0 Å². The fourth-order valence-electron chi connectivity index (χ4n) is 0.575. The Morgan fingerprint density at radius 1 is 1.64 bits per heavy atom. The summed E-state index contributed by atoms with van der Waals surface area (Å²) in [6.45, 7) is 1.72. The Hall–Kier alpha value is 0.736. The third-order valence-electron chi connectivity index (χ3n) is 0.995. The number of hydrogen-bond acceptors (Lipinski definition) is 3. The van der Waals surface area contributed by atoms with E-state index in [2.05, 4.69) is 22.6 Å². The van der Waals surface area contributed by atoms with E-state index < -0.39 is 0 Å². The first-order valence-corrected chi connectivity index (χ1v) is 3.18. The molecule has 11 heavy (non-hydrogen) atoms. The van der Waals surface area contributed by atoms with Crippen molar-refractivity contribution in [2.75, 3.05) is 0 Å². The van der Waals surface area contributed by atoms with Crippen LogP contribution in [0.5, 0.6) is 0 Å². The summed E-state index contributed by atoms with van der Waals surface area (Å²) in [6.07, 6.45) is 1.53. The Balaban J connectivity index is 0.000001000. The van der Waals surface area contributed by atoms with Crippen LogP contribution in [-0.2, 0) is 0 Å². The largest absolute Gasteiger partial charge is 0.280 e. The van der Waals surface area contributed by atoms with Crippen molar-refractivity contribution in [3.63, 3.8) is 0 Å². The van der Waals surface area contributed by atoms with E-state index >= 15 is 0 Å². The summed E-state index contributed by atoms with van der Waals surface area (Å²) in [5, 5.41) is -0.328. The number of nitrogens with zero attached hydrogens (tertiary/aromatic N) is 2. The molecule has 0 saturated heterocycles. The van der Waals surface area contributed by atoms with Crippen LogP contribution in [0.2, 0.25) is 0 Å². The van der Waals surface area contributed by atoms with Crippen LogP contribution in [0, 0.1) is 6.92 Å². The number of rotatable bonds is 1. The average Bonchev–Trinajstić information content (AvgIpc) is 1.88. The van der Waals surface area contributed by atoms with Gasteiger partial charge in [-0.1, -0.05) is 12.6 Å². The van der Waals surface area contributed by atoms with Crippen LogP contribution in [0.1, 0.15) is 16.3 Å². The zero-order valence-electron chi connectivity index (χ0n) is 6.40. The quantitative estimate of drug-likeness (QED) is 0.521. The first kappa shape index (κ1) is 11.7. The molecule has 1 rings (SSSR count). The number of carbonyl (C=O) groups is 1. The van der Waals surface area contributed by atoms with E-state index in [1.54, 1.807) is 6.92 Å². The van der Waals surface area contributed by atoms with Crippen molar-refractivity contribution in [2.45, 2.75) is 6.92 Å². The van der Waals surface area contributed by atoms with E-state index in [4.69, 9.17) is 0 Å². The predicted molar refractivity (Wildman–Crippen MR) is 45.8 cm³/mol. The van der Waals surface area contributed by atoms with Crippen LogP contribution in [0.15, 0.2) is 12.3 Å². The molecule has 53 valence electrons. The molecule has 0 aliphatic carbocycles. The van der Waals surface area contributed by atoms with Gasteiger partial charge < -0.3 is 0 Å². The van der Waals surface area contributed by atoms with Crippen molar-refractivity contribution >= 4 is 69.1 Å². The van der Waals surface area contributed by atoms with Crippen LogP contribution in [-0.4, -0.2) is 66.5 Å². The van der Waals surface area contributed by atoms with Gasteiger partial charge in [-0.05, 0) is 13.0 Å². The molecule has 0 spiro atoms. The van der Waals surface area contributed by atoms with Gasteiger partial charge in [-0.15, -0.1) is 0 Å². The van der Waals surface area contributed by atoms with Gasteiger partial charge in [-0.3, -0.25) is 4.79 Å². The monoisotopic (exact) mass is 193 g/mol.